The molecule has 0 spiro atoms. The molecule has 0 amide bonds. The third-order valence-corrected chi connectivity index (χ3v) is 2.62. The number of hydrogen-bond donors (Lipinski definition) is 2. The van der Waals surface area contributed by atoms with Crippen LogP contribution in [0.25, 0.3) is 0 Å². The number of aliphatic hydroxyl groups is 1. The molecule has 0 aliphatic heterocycles. The molecule has 0 bridgehead atoms. The number of anilines is 1. The van der Waals surface area contributed by atoms with Gasteiger partial charge in [-0.15, -0.1) is 0 Å². The maximum Gasteiger partial charge on any atom is 0.308 e. The molecule has 17 heavy (non-hydrogen) atoms. The maximum absolute atomic E-state index is 11.1. The first kappa shape index (κ1) is 14.0. The van der Waals surface area contributed by atoms with E-state index in [1.165, 1.54) is 0 Å². The fraction of sp³-hybridized carbons (Fsp3) is 0.417. The van der Waals surface area contributed by atoms with Crippen LogP contribution in [0, 0.1) is 0 Å². The molecule has 1 unspecified atom stereocenters. The molecule has 0 radical (unpaired) electrons. The van der Waals surface area contributed by atoms with Crippen molar-refractivity contribution in [2.45, 2.75) is 19.4 Å². The van der Waals surface area contributed by atoms with E-state index in [2.05, 4.69) is 21.2 Å². The topological polar surface area (TPSA) is 58.6 Å². The molecule has 5 heteroatoms. The fourth-order valence-electron chi connectivity index (χ4n) is 1.29. The van der Waals surface area contributed by atoms with E-state index in [1.54, 1.807) is 6.92 Å². The van der Waals surface area contributed by atoms with Gasteiger partial charge in [0.1, 0.15) is 0 Å². The van der Waals surface area contributed by atoms with Gasteiger partial charge in [-0.3, -0.25) is 4.79 Å². The van der Waals surface area contributed by atoms with Crippen LogP contribution in [-0.4, -0.2) is 30.3 Å². The van der Waals surface area contributed by atoms with E-state index in [0.717, 1.165) is 10.2 Å². The minimum atomic E-state index is -0.738. The number of esters is 1. The quantitative estimate of drug-likeness (QED) is 0.791. The van der Waals surface area contributed by atoms with E-state index in [-0.39, 0.29) is 12.4 Å². The summed E-state index contributed by atoms with van der Waals surface area (Å²) >= 11 is 3.34. The van der Waals surface area contributed by atoms with Crippen LogP contribution in [-0.2, 0) is 9.53 Å². The Morgan fingerprint density at radius 1 is 1.47 bits per heavy atom. The third kappa shape index (κ3) is 5.70. The van der Waals surface area contributed by atoms with Gasteiger partial charge >= 0.3 is 5.97 Å². The van der Waals surface area contributed by atoms with Gasteiger partial charge in [-0.05, 0) is 31.2 Å². The van der Waals surface area contributed by atoms with Gasteiger partial charge in [-0.25, -0.2) is 0 Å². The summed E-state index contributed by atoms with van der Waals surface area (Å²) in [5.74, 6) is -0.377. The Hall–Kier alpha value is -1.07. The summed E-state index contributed by atoms with van der Waals surface area (Å²) in [5, 5.41) is 12.6. The van der Waals surface area contributed by atoms with E-state index >= 15 is 0 Å². The Kier molecular flexibility index (Phi) is 6.00. The van der Waals surface area contributed by atoms with Gasteiger partial charge in [-0.1, -0.05) is 15.9 Å². The minimum absolute atomic E-state index is 0.0113. The zero-order valence-corrected chi connectivity index (χ0v) is 11.2. The average Bonchev–Trinajstić information content (AvgIpc) is 2.28. The van der Waals surface area contributed by atoms with Crippen LogP contribution in [0.15, 0.2) is 28.7 Å². The van der Waals surface area contributed by atoms with Crippen molar-refractivity contribution in [1.82, 2.24) is 0 Å². The lowest BCUT2D eigenvalue weighted by molar-refractivity contribution is -0.145. The second-order valence-electron chi connectivity index (χ2n) is 3.55. The van der Waals surface area contributed by atoms with Crippen molar-refractivity contribution in [1.29, 1.82) is 0 Å². The first-order valence-electron chi connectivity index (χ1n) is 5.45. The Morgan fingerprint density at radius 2 is 2.12 bits per heavy atom. The predicted octanol–water partition coefficient (Wildman–Crippen LogP) is 2.18. The number of carbonyl (C=O) groups excluding carboxylic acids is 1. The molecule has 1 aromatic carbocycles. The number of ether oxygens (including phenoxy) is 1. The van der Waals surface area contributed by atoms with Crippen LogP contribution >= 0.6 is 15.9 Å². The molecule has 1 aromatic rings. The lowest BCUT2D eigenvalue weighted by Gasteiger charge is -2.12. The Bertz CT molecular complexity index is 353. The first-order valence-corrected chi connectivity index (χ1v) is 6.24. The molecule has 0 fully saturated rings. The number of rotatable bonds is 6. The number of hydrogen-bond acceptors (Lipinski definition) is 4. The highest BCUT2D eigenvalue weighted by molar-refractivity contribution is 9.10. The second kappa shape index (κ2) is 7.29. The second-order valence-corrected chi connectivity index (χ2v) is 4.47. The van der Waals surface area contributed by atoms with Gasteiger partial charge in [0.05, 0.1) is 19.1 Å². The number of halogens is 1. The molecule has 0 heterocycles. The lowest BCUT2D eigenvalue weighted by Crippen LogP contribution is -2.23. The number of benzene rings is 1. The van der Waals surface area contributed by atoms with E-state index in [9.17, 15) is 9.90 Å². The normalized spacial score (nSPS) is 11.9. The maximum atomic E-state index is 11.1. The van der Waals surface area contributed by atoms with Crippen molar-refractivity contribution >= 4 is 27.6 Å². The van der Waals surface area contributed by atoms with E-state index in [4.69, 9.17) is 4.74 Å². The van der Waals surface area contributed by atoms with Crippen molar-refractivity contribution in [3.05, 3.63) is 28.7 Å². The summed E-state index contributed by atoms with van der Waals surface area (Å²) in [5.41, 5.74) is 0.899. The Morgan fingerprint density at radius 3 is 2.71 bits per heavy atom. The molecular formula is C12H16BrNO3. The lowest BCUT2D eigenvalue weighted by atomic mass is 10.2. The van der Waals surface area contributed by atoms with Gasteiger partial charge in [0.15, 0.2) is 0 Å². The van der Waals surface area contributed by atoms with Crippen LogP contribution in [0.5, 0.6) is 0 Å². The van der Waals surface area contributed by atoms with E-state index in [0.29, 0.717) is 13.2 Å². The highest BCUT2D eigenvalue weighted by atomic mass is 79.9. The molecular weight excluding hydrogens is 286 g/mol. The van der Waals surface area contributed by atoms with E-state index < -0.39 is 6.10 Å². The van der Waals surface area contributed by atoms with Crippen molar-refractivity contribution in [3.63, 3.8) is 0 Å². The van der Waals surface area contributed by atoms with Crippen LogP contribution in [0.4, 0.5) is 5.69 Å². The summed E-state index contributed by atoms with van der Waals surface area (Å²) in [4.78, 5) is 11.1. The Labute approximate surface area is 109 Å². The average molecular weight is 302 g/mol. The Balaban J connectivity index is 2.30. The number of aliphatic hydroxyl groups excluding tert-OH is 1. The third-order valence-electron chi connectivity index (χ3n) is 2.09. The van der Waals surface area contributed by atoms with E-state index in [1.807, 2.05) is 24.3 Å². The number of nitrogens with one attached hydrogen (secondary N) is 1. The standard InChI is InChI=1S/C12H16BrNO3/c1-2-17-12(16)7-11(15)8-14-10-5-3-9(13)4-6-10/h3-6,11,14-15H,2,7-8H2,1H3. The van der Waals surface area contributed by atoms with Gasteiger partial charge in [0.25, 0.3) is 0 Å². The zero-order valence-electron chi connectivity index (χ0n) is 9.65. The molecule has 0 aliphatic rings. The van der Waals surface area contributed by atoms with Crippen LogP contribution in [0.3, 0.4) is 0 Å². The first-order chi connectivity index (χ1) is 8.11. The summed E-state index contributed by atoms with van der Waals surface area (Å²) in [6, 6.07) is 7.59. The molecule has 2 N–H and O–H groups in total. The molecule has 0 aromatic heterocycles. The molecule has 1 rings (SSSR count). The van der Waals surface area contributed by atoms with Crippen molar-refractivity contribution in [3.8, 4) is 0 Å². The molecule has 94 valence electrons. The van der Waals surface area contributed by atoms with Crippen LogP contribution < -0.4 is 5.32 Å². The van der Waals surface area contributed by atoms with Crippen LogP contribution in [0.2, 0.25) is 0 Å². The molecule has 0 saturated heterocycles. The monoisotopic (exact) mass is 301 g/mol. The fourth-order valence-corrected chi connectivity index (χ4v) is 1.55. The highest BCUT2D eigenvalue weighted by Gasteiger charge is 2.11. The van der Waals surface area contributed by atoms with Gasteiger partial charge < -0.3 is 15.2 Å². The zero-order chi connectivity index (χ0) is 12.7. The summed E-state index contributed by atoms with van der Waals surface area (Å²) in [6.07, 6.45) is -0.727. The summed E-state index contributed by atoms with van der Waals surface area (Å²) in [6.45, 7) is 2.40. The van der Waals surface area contributed by atoms with Crippen molar-refractivity contribution < 1.29 is 14.6 Å². The van der Waals surface area contributed by atoms with Gasteiger partial charge in [-0.2, -0.15) is 0 Å². The molecule has 4 nitrogen and oxygen atoms in total. The highest BCUT2D eigenvalue weighted by Crippen LogP contribution is 2.14. The smallest absolute Gasteiger partial charge is 0.308 e. The van der Waals surface area contributed by atoms with Gasteiger partial charge in [0.2, 0.25) is 0 Å². The molecule has 1 atom stereocenters. The summed E-state index contributed by atoms with van der Waals surface area (Å²) < 4.78 is 5.74. The van der Waals surface area contributed by atoms with Crippen molar-refractivity contribution in [2.75, 3.05) is 18.5 Å². The summed E-state index contributed by atoms with van der Waals surface area (Å²) in [7, 11) is 0. The predicted molar refractivity (Wildman–Crippen MR) is 69.9 cm³/mol. The largest absolute Gasteiger partial charge is 0.466 e. The molecule has 0 aliphatic carbocycles. The van der Waals surface area contributed by atoms with Crippen LogP contribution in [0.1, 0.15) is 13.3 Å². The number of carbonyl (C=O) groups is 1. The minimum Gasteiger partial charge on any atom is -0.466 e. The molecule has 0 saturated carbocycles. The van der Waals surface area contributed by atoms with Gasteiger partial charge in [0, 0.05) is 16.7 Å². The van der Waals surface area contributed by atoms with Crippen molar-refractivity contribution in [2.24, 2.45) is 0 Å². The SMILES string of the molecule is CCOC(=O)CC(O)CNc1ccc(Br)cc1.